The van der Waals surface area contributed by atoms with Crippen LogP contribution in [0.5, 0.6) is 0 Å². The number of hydrogen-bond donors (Lipinski definition) is 2. The number of carbonyl (C=O) groups excluding carboxylic acids is 1. The topological polar surface area (TPSA) is 92.5 Å². The van der Waals surface area contributed by atoms with E-state index < -0.39 is 22.0 Å². The second kappa shape index (κ2) is 9.41. The average molecular weight is 424 g/mol. The number of halogens is 1. The lowest BCUT2D eigenvalue weighted by molar-refractivity contribution is -0.122. The summed E-state index contributed by atoms with van der Waals surface area (Å²) in [6.07, 6.45) is 0.330. The van der Waals surface area contributed by atoms with Crippen molar-refractivity contribution in [2.45, 2.75) is 37.8 Å². The van der Waals surface area contributed by atoms with Crippen LogP contribution in [-0.4, -0.2) is 31.7 Å². The molecule has 0 bridgehead atoms. The fourth-order valence-corrected chi connectivity index (χ4v) is 4.60. The first kappa shape index (κ1) is 22.2. The standard InChI is InChI=1S/C20H26ClN3O3S/c1-14(2)12-19(20(22)25)24(13-15-4-8-17(23-3)9-5-15)28(26,27)18-10-6-16(21)7-11-18/h4-11,14,19,23H,12-13H2,1-3H3,(H2,22,25)/t19-/m0/s1. The summed E-state index contributed by atoms with van der Waals surface area (Å²) < 4.78 is 27.9. The molecule has 1 atom stereocenters. The highest BCUT2D eigenvalue weighted by Crippen LogP contribution is 2.26. The number of hydrogen-bond acceptors (Lipinski definition) is 4. The monoisotopic (exact) mass is 423 g/mol. The zero-order chi connectivity index (χ0) is 20.9. The van der Waals surface area contributed by atoms with Gasteiger partial charge < -0.3 is 11.1 Å². The van der Waals surface area contributed by atoms with Crippen molar-refractivity contribution in [3.05, 3.63) is 59.1 Å². The van der Waals surface area contributed by atoms with E-state index in [1.807, 2.05) is 38.1 Å². The molecule has 152 valence electrons. The van der Waals surface area contributed by atoms with Crippen LogP contribution < -0.4 is 11.1 Å². The zero-order valence-electron chi connectivity index (χ0n) is 16.2. The van der Waals surface area contributed by atoms with Gasteiger partial charge in [0.25, 0.3) is 0 Å². The highest BCUT2D eigenvalue weighted by atomic mass is 35.5. The quantitative estimate of drug-likeness (QED) is 0.645. The van der Waals surface area contributed by atoms with Crippen molar-refractivity contribution in [3.8, 4) is 0 Å². The molecule has 2 rings (SSSR count). The molecule has 0 saturated carbocycles. The van der Waals surface area contributed by atoms with Crippen LogP contribution >= 0.6 is 11.6 Å². The van der Waals surface area contributed by atoms with Gasteiger partial charge in [-0.05, 0) is 54.3 Å². The molecule has 2 aromatic carbocycles. The Hall–Kier alpha value is -2.09. The average Bonchev–Trinajstić information content (AvgIpc) is 2.65. The van der Waals surface area contributed by atoms with Gasteiger partial charge in [-0.2, -0.15) is 4.31 Å². The van der Waals surface area contributed by atoms with Crippen molar-refractivity contribution in [2.24, 2.45) is 11.7 Å². The highest BCUT2D eigenvalue weighted by molar-refractivity contribution is 7.89. The number of carbonyl (C=O) groups is 1. The molecule has 8 heteroatoms. The lowest BCUT2D eigenvalue weighted by atomic mass is 10.0. The first-order chi connectivity index (χ1) is 13.1. The number of nitrogens with two attached hydrogens (primary N) is 1. The Morgan fingerprint density at radius 1 is 1.11 bits per heavy atom. The van der Waals surface area contributed by atoms with Gasteiger partial charge in [-0.25, -0.2) is 8.42 Å². The van der Waals surface area contributed by atoms with E-state index in [0.717, 1.165) is 11.3 Å². The summed E-state index contributed by atoms with van der Waals surface area (Å²) >= 11 is 5.89. The van der Waals surface area contributed by atoms with Crippen molar-refractivity contribution < 1.29 is 13.2 Å². The van der Waals surface area contributed by atoms with E-state index in [4.69, 9.17) is 17.3 Å². The Balaban J connectivity index is 2.49. The molecule has 3 N–H and O–H groups in total. The van der Waals surface area contributed by atoms with E-state index in [2.05, 4.69) is 5.32 Å². The second-order valence-corrected chi connectivity index (χ2v) is 9.33. The molecule has 0 unspecified atom stereocenters. The van der Waals surface area contributed by atoms with Gasteiger partial charge in [0.2, 0.25) is 15.9 Å². The summed E-state index contributed by atoms with van der Waals surface area (Å²) in [7, 11) is -2.16. The molecule has 0 heterocycles. The number of benzene rings is 2. The zero-order valence-corrected chi connectivity index (χ0v) is 17.8. The molecule has 0 aromatic heterocycles. The molecule has 28 heavy (non-hydrogen) atoms. The van der Waals surface area contributed by atoms with Crippen molar-refractivity contribution in [1.29, 1.82) is 0 Å². The van der Waals surface area contributed by atoms with Gasteiger partial charge >= 0.3 is 0 Å². The number of nitrogens with zero attached hydrogens (tertiary/aromatic N) is 1. The van der Waals surface area contributed by atoms with Gasteiger partial charge in [-0.1, -0.05) is 37.6 Å². The summed E-state index contributed by atoms with van der Waals surface area (Å²) in [5.41, 5.74) is 7.27. The van der Waals surface area contributed by atoms with E-state index in [0.29, 0.717) is 11.4 Å². The van der Waals surface area contributed by atoms with Crippen LogP contribution in [0.1, 0.15) is 25.8 Å². The van der Waals surface area contributed by atoms with Crippen LogP contribution in [0.15, 0.2) is 53.4 Å². The lowest BCUT2D eigenvalue weighted by Crippen LogP contribution is -2.48. The summed E-state index contributed by atoms with van der Waals surface area (Å²) in [5, 5.41) is 3.45. The van der Waals surface area contributed by atoms with Crippen molar-refractivity contribution in [1.82, 2.24) is 4.31 Å². The van der Waals surface area contributed by atoms with Crippen LogP contribution in [-0.2, 0) is 21.4 Å². The molecular formula is C20H26ClN3O3S. The van der Waals surface area contributed by atoms with Crippen LogP contribution in [0.3, 0.4) is 0 Å². The van der Waals surface area contributed by atoms with E-state index >= 15 is 0 Å². The Bertz CT molecular complexity index is 897. The summed E-state index contributed by atoms with van der Waals surface area (Å²) in [5.74, 6) is -0.579. The molecule has 0 aliphatic rings. The van der Waals surface area contributed by atoms with Gasteiger partial charge in [0, 0.05) is 24.3 Å². The smallest absolute Gasteiger partial charge is 0.244 e. The number of rotatable bonds is 9. The van der Waals surface area contributed by atoms with Gasteiger partial charge in [-0.15, -0.1) is 0 Å². The predicted molar refractivity (Wildman–Crippen MR) is 113 cm³/mol. The Morgan fingerprint density at radius 3 is 2.14 bits per heavy atom. The minimum atomic E-state index is -3.96. The third-order valence-electron chi connectivity index (χ3n) is 4.37. The Kier molecular flexibility index (Phi) is 7.46. The van der Waals surface area contributed by atoms with Crippen LogP contribution in [0.4, 0.5) is 5.69 Å². The molecule has 1 amide bonds. The maximum absolute atomic E-state index is 13.4. The molecule has 0 saturated heterocycles. The van der Waals surface area contributed by atoms with E-state index in [1.54, 1.807) is 7.05 Å². The highest BCUT2D eigenvalue weighted by Gasteiger charge is 2.35. The number of primary amides is 1. The third kappa shape index (κ3) is 5.47. The second-order valence-electron chi connectivity index (χ2n) is 7.00. The van der Waals surface area contributed by atoms with Crippen LogP contribution in [0.2, 0.25) is 5.02 Å². The van der Waals surface area contributed by atoms with Crippen molar-refractivity contribution >= 4 is 33.2 Å². The van der Waals surface area contributed by atoms with E-state index in [9.17, 15) is 13.2 Å². The molecule has 0 spiro atoms. The van der Waals surface area contributed by atoms with E-state index in [-0.39, 0.29) is 17.4 Å². The molecular weight excluding hydrogens is 398 g/mol. The van der Waals surface area contributed by atoms with Crippen LogP contribution in [0.25, 0.3) is 0 Å². The molecule has 2 aromatic rings. The van der Waals surface area contributed by atoms with Crippen molar-refractivity contribution in [2.75, 3.05) is 12.4 Å². The van der Waals surface area contributed by atoms with Crippen molar-refractivity contribution in [3.63, 3.8) is 0 Å². The third-order valence-corrected chi connectivity index (χ3v) is 6.49. The van der Waals surface area contributed by atoms with Crippen LogP contribution in [0, 0.1) is 5.92 Å². The number of nitrogens with one attached hydrogen (secondary N) is 1. The number of anilines is 1. The maximum Gasteiger partial charge on any atom is 0.244 e. The molecule has 0 radical (unpaired) electrons. The number of amides is 1. The summed E-state index contributed by atoms with van der Waals surface area (Å²) in [6.45, 7) is 3.88. The van der Waals surface area contributed by atoms with Gasteiger partial charge in [0.05, 0.1) is 4.90 Å². The lowest BCUT2D eigenvalue weighted by Gasteiger charge is -2.30. The van der Waals surface area contributed by atoms with Gasteiger partial charge in [-0.3, -0.25) is 4.79 Å². The molecule has 0 fully saturated rings. The fourth-order valence-electron chi connectivity index (χ4n) is 2.88. The first-order valence-corrected chi connectivity index (χ1v) is 10.8. The fraction of sp³-hybridized carbons (Fsp3) is 0.350. The first-order valence-electron chi connectivity index (χ1n) is 8.98. The Labute approximate surface area is 171 Å². The minimum absolute atomic E-state index is 0.0370. The normalized spacial score (nSPS) is 12.9. The summed E-state index contributed by atoms with van der Waals surface area (Å²) in [4.78, 5) is 12.3. The maximum atomic E-state index is 13.4. The molecule has 0 aliphatic carbocycles. The summed E-state index contributed by atoms with van der Waals surface area (Å²) in [6, 6.07) is 12.3. The molecule has 0 aliphatic heterocycles. The van der Waals surface area contributed by atoms with Gasteiger partial charge in [0.15, 0.2) is 0 Å². The SMILES string of the molecule is CNc1ccc(CN([C@@H](CC(C)C)C(N)=O)S(=O)(=O)c2ccc(Cl)cc2)cc1. The molecule has 6 nitrogen and oxygen atoms in total. The predicted octanol–water partition coefficient (Wildman–Crippen LogP) is 3.47. The Morgan fingerprint density at radius 2 is 1.68 bits per heavy atom. The largest absolute Gasteiger partial charge is 0.388 e. The number of sulfonamides is 1. The minimum Gasteiger partial charge on any atom is -0.388 e. The van der Waals surface area contributed by atoms with Gasteiger partial charge in [0.1, 0.15) is 6.04 Å². The van der Waals surface area contributed by atoms with E-state index in [1.165, 1.54) is 28.6 Å².